The van der Waals surface area contributed by atoms with Gasteiger partial charge in [0.25, 0.3) is 5.91 Å². The Bertz CT molecular complexity index is 1230. The Morgan fingerprint density at radius 3 is 2.62 bits per heavy atom. The van der Waals surface area contributed by atoms with Gasteiger partial charge in [0.15, 0.2) is 0 Å². The number of carbonyl (C=O) groups is 1. The van der Waals surface area contributed by atoms with Gasteiger partial charge in [-0.3, -0.25) is 4.79 Å². The van der Waals surface area contributed by atoms with Crippen molar-refractivity contribution in [1.29, 1.82) is 5.26 Å². The van der Waals surface area contributed by atoms with Crippen LogP contribution in [0.5, 0.6) is 5.75 Å². The molecule has 0 bridgehead atoms. The predicted molar refractivity (Wildman–Crippen MR) is 123 cm³/mol. The second kappa shape index (κ2) is 9.47. The molecule has 0 spiro atoms. The predicted octanol–water partition coefficient (Wildman–Crippen LogP) is 2.40. The largest absolute Gasteiger partial charge is 0.497 e. The molecular formula is C25H23N5O4. The van der Waals surface area contributed by atoms with E-state index in [1.165, 1.54) is 0 Å². The van der Waals surface area contributed by atoms with Crippen LogP contribution in [0.4, 0.5) is 5.95 Å². The number of nitriles is 1. The van der Waals surface area contributed by atoms with Gasteiger partial charge in [0, 0.05) is 17.3 Å². The lowest BCUT2D eigenvalue weighted by molar-refractivity contribution is 0.0652. The summed E-state index contributed by atoms with van der Waals surface area (Å²) in [6.45, 7) is 0.763. The number of methoxy groups -OCH3 is 1. The second-order valence-electron chi connectivity index (χ2n) is 8.11. The minimum Gasteiger partial charge on any atom is -0.497 e. The number of benzene rings is 2. The van der Waals surface area contributed by atoms with Crippen LogP contribution in [-0.4, -0.2) is 60.5 Å². The lowest BCUT2D eigenvalue weighted by Crippen LogP contribution is -2.44. The molecule has 4 atom stereocenters. The number of carbonyl (C=O) groups excluding carboxylic acids is 1. The van der Waals surface area contributed by atoms with Gasteiger partial charge in [-0.1, -0.05) is 12.1 Å². The van der Waals surface area contributed by atoms with E-state index in [-0.39, 0.29) is 30.2 Å². The van der Waals surface area contributed by atoms with Gasteiger partial charge in [0.05, 0.1) is 49.7 Å². The number of fused-ring (bicyclic) bond motifs is 1. The van der Waals surface area contributed by atoms with Crippen LogP contribution in [0, 0.1) is 11.3 Å². The summed E-state index contributed by atoms with van der Waals surface area (Å²) in [6, 6.07) is 17.7. The van der Waals surface area contributed by atoms with E-state index >= 15 is 0 Å². The fourth-order valence-electron chi connectivity index (χ4n) is 4.24. The van der Waals surface area contributed by atoms with Crippen LogP contribution >= 0.6 is 0 Å². The summed E-state index contributed by atoms with van der Waals surface area (Å²) >= 11 is 0. The fourth-order valence-corrected chi connectivity index (χ4v) is 4.24. The Balaban J connectivity index is 1.23. The molecule has 3 aromatic rings. The molecule has 1 aromatic heterocycles. The van der Waals surface area contributed by atoms with E-state index in [9.17, 15) is 4.79 Å². The van der Waals surface area contributed by atoms with Gasteiger partial charge in [-0.15, -0.1) is 0 Å². The van der Waals surface area contributed by atoms with Gasteiger partial charge in [0.2, 0.25) is 5.95 Å². The first kappa shape index (κ1) is 21.8. The molecule has 2 aromatic carbocycles. The van der Waals surface area contributed by atoms with Gasteiger partial charge >= 0.3 is 0 Å². The zero-order chi connectivity index (χ0) is 23.5. The average Bonchev–Trinajstić information content (AvgIpc) is 3.47. The molecule has 0 aliphatic carbocycles. The molecule has 4 unspecified atom stereocenters. The number of amides is 1. The van der Waals surface area contributed by atoms with Crippen molar-refractivity contribution in [2.45, 2.75) is 24.3 Å². The highest BCUT2D eigenvalue weighted by atomic mass is 16.6. The van der Waals surface area contributed by atoms with E-state index < -0.39 is 0 Å². The lowest BCUT2D eigenvalue weighted by atomic mass is 10.1. The summed E-state index contributed by atoms with van der Waals surface area (Å²) in [6.07, 6.45) is 1.16. The van der Waals surface area contributed by atoms with E-state index in [0.29, 0.717) is 41.7 Å². The van der Waals surface area contributed by atoms with Crippen LogP contribution in [0.25, 0.3) is 11.3 Å². The van der Waals surface area contributed by atoms with Crippen molar-refractivity contribution in [2.24, 2.45) is 0 Å². The molecule has 0 saturated carbocycles. The maximum Gasteiger partial charge on any atom is 0.251 e. The number of nitrogens with one attached hydrogen (secondary N) is 2. The first-order valence-electron chi connectivity index (χ1n) is 10.9. The molecule has 5 rings (SSSR count). The first-order valence-corrected chi connectivity index (χ1v) is 10.9. The zero-order valence-electron chi connectivity index (χ0n) is 18.5. The molecule has 2 saturated heterocycles. The van der Waals surface area contributed by atoms with Gasteiger partial charge < -0.3 is 24.8 Å². The van der Waals surface area contributed by atoms with Crippen molar-refractivity contribution in [1.82, 2.24) is 15.3 Å². The Kier molecular flexibility index (Phi) is 6.08. The monoisotopic (exact) mass is 457 g/mol. The SMILES string of the molecule is COc1ccc(C(=O)NC2COC3C(Nc4nccc(-c5cccc(C#N)c5)n4)COC23)cc1. The number of anilines is 1. The smallest absolute Gasteiger partial charge is 0.251 e. The standard InChI is InChI=1S/C25H23N5O4/c1-32-18-7-5-16(6-8-18)24(31)28-20-13-33-23-21(14-34-22(20)23)30-25-27-10-9-19(29-25)17-4-2-3-15(11-17)12-26/h2-11,20-23H,13-14H2,1H3,(H,28,31)(H,27,29,30). The van der Waals surface area contributed by atoms with Gasteiger partial charge in [-0.25, -0.2) is 9.97 Å². The normalized spacial score (nSPS) is 23.1. The van der Waals surface area contributed by atoms with Crippen LogP contribution in [0.1, 0.15) is 15.9 Å². The van der Waals surface area contributed by atoms with Crippen LogP contribution in [0.2, 0.25) is 0 Å². The van der Waals surface area contributed by atoms with Crippen LogP contribution < -0.4 is 15.4 Å². The molecule has 1 amide bonds. The third-order valence-electron chi connectivity index (χ3n) is 5.98. The van der Waals surface area contributed by atoms with Crippen LogP contribution in [-0.2, 0) is 9.47 Å². The summed E-state index contributed by atoms with van der Waals surface area (Å²) in [4.78, 5) is 21.6. The summed E-state index contributed by atoms with van der Waals surface area (Å²) in [5.41, 5.74) is 2.66. The molecule has 0 radical (unpaired) electrons. The molecule has 172 valence electrons. The highest BCUT2D eigenvalue weighted by Gasteiger charge is 2.48. The lowest BCUT2D eigenvalue weighted by Gasteiger charge is -2.18. The zero-order valence-corrected chi connectivity index (χ0v) is 18.5. The molecule has 2 aliphatic heterocycles. The molecule has 2 aliphatic rings. The van der Waals surface area contributed by atoms with Crippen molar-refractivity contribution in [3.05, 3.63) is 71.9 Å². The summed E-state index contributed by atoms with van der Waals surface area (Å²) in [7, 11) is 1.58. The Morgan fingerprint density at radius 1 is 1.09 bits per heavy atom. The van der Waals surface area contributed by atoms with E-state index in [1.807, 2.05) is 12.1 Å². The number of rotatable bonds is 6. The highest BCUT2D eigenvalue weighted by Crippen LogP contribution is 2.29. The fraction of sp³-hybridized carbons (Fsp3) is 0.280. The van der Waals surface area contributed by atoms with Gasteiger partial charge in [-0.05, 0) is 42.5 Å². The van der Waals surface area contributed by atoms with Gasteiger partial charge in [-0.2, -0.15) is 5.26 Å². The number of hydrogen-bond acceptors (Lipinski definition) is 8. The van der Waals surface area contributed by atoms with E-state index in [2.05, 4.69) is 26.7 Å². The summed E-state index contributed by atoms with van der Waals surface area (Å²) in [5, 5.41) is 15.5. The summed E-state index contributed by atoms with van der Waals surface area (Å²) < 4.78 is 17.1. The number of aromatic nitrogens is 2. The topological polar surface area (TPSA) is 118 Å². The minimum absolute atomic E-state index is 0.159. The Labute approximate surface area is 196 Å². The maximum absolute atomic E-state index is 12.7. The van der Waals surface area contributed by atoms with E-state index in [0.717, 1.165) is 5.56 Å². The van der Waals surface area contributed by atoms with Crippen LogP contribution in [0.15, 0.2) is 60.8 Å². The van der Waals surface area contributed by atoms with Crippen molar-refractivity contribution in [2.75, 3.05) is 25.6 Å². The minimum atomic E-state index is -0.268. The van der Waals surface area contributed by atoms with E-state index in [4.69, 9.17) is 19.5 Å². The van der Waals surface area contributed by atoms with Crippen molar-refractivity contribution < 1.29 is 19.0 Å². The van der Waals surface area contributed by atoms with Crippen molar-refractivity contribution in [3.63, 3.8) is 0 Å². The number of hydrogen-bond donors (Lipinski definition) is 2. The Hall–Kier alpha value is -4.00. The summed E-state index contributed by atoms with van der Waals surface area (Å²) in [5.74, 6) is 0.953. The van der Waals surface area contributed by atoms with Crippen molar-refractivity contribution in [3.8, 4) is 23.1 Å². The Morgan fingerprint density at radius 2 is 1.85 bits per heavy atom. The quantitative estimate of drug-likeness (QED) is 0.579. The number of nitrogens with zero attached hydrogens (tertiary/aromatic N) is 3. The third kappa shape index (κ3) is 4.41. The molecule has 2 fully saturated rings. The third-order valence-corrected chi connectivity index (χ3v) is 5.98. The highest BCUT2D eigenvalue weighted by molar-refractivity contribution is 5.94. The maximum atomic E-state index is 12.7. The van der Waals surface area contributed by atoms with E-state index in [1.54, 1.807) is 55.8 Å². The van der Waals surface area contributed by atoms with Gasteiger partial charge in [0.1, 0.15) is 18.0 Å². The average molecular weight is 457 g/mol. The van der Waals surface area contributed by atoms with Crippen molar-refractivity contribution >= 4 is 11.9 Å². The number of ether oxygens (including phenoxy) is 3. The molecule has 9 nitrogen and oxygen atoms in total. The molecular weight excluding hydrogens is 434 g/mol. The molecule has 34 heavy (non-hydrogen) atoms. The molecule has 9 heteroatoms. The molecule has 2 N–H and O–H groups in total. The second-order valence-corrected chi connectivity index (χ2v) is 8.11. The first-order chi connectivity index (χ1) is 16.6. The van der Waals surface area contributed by atoms with Crippen LogP contribution in [0.3, 0.4) is 0 Å². The molecule has 3 heterocycles.